The first-order valence-electron chi connectivity index (χ1n) is 6.60. The smallest absolute Gasteiger partial charge is 0.176 e. The van der Waals surface area contributed by atoms with Gasteiger partial charge in [-0.25, -0.2) is 0 Å². The molecule has 3 nitrogen and oxygen atoms in total. The highest BCUT2D eigenvalue weighted by Gasteiger charge is 2.31. The molecule has 1 aromatic rings. The number of carbonyl (C=O) groups is 1. The van der Waals surface area contributed by atoms with Crippen molar-refractivity contribution in [3.8, 4) is 5.75 Å². The Morgan fingerprint density at radius 3 is 2.74 bits per heavy atom. The van der Waals surface area contributed by atoms with Gasteiger partial charge in [0.15, 0.2) is 5.78 Å². The van der Waals surface area contributed by atoms with E-state index in [-0.39, 0.29) is 5.78 Å². The van der Waals surface area contributed by atoms with Crippen molar-refractivity contribution in [2.75, 3.05) is 20.7 Å². The van der Waals surface area contributed by atoms with Gasteiger partial charge in [0, 0.05) is 11.6 Å². The van der Waals surface area contributed by atoms with E-state index >= 15 is 0 Å². The van der Waals surface area contributed by atoms with E-state index in [0.29, 0.717) is 28.9 Å². The highest BCUT2D eigenvalue weighted by molar-refractivity contribution is 6.32. The molecule has 1 unspecified atom stereocenters. The standard InChI is InChI=1S/C15H20ClNO2/c1-10(11-4-5-11)17(2)9-14(18)12-6-7-15(19-3)13(16)8-12/h6-8,10-11H,4-5,9H2,1-3H3. The van der Waals surface area contributed by atoms with Crippen LogP contribution in [-0.2, 0) is 0 Å². The van der Waals surface area contributed by atoms with E-state index in [2.05, 4.69) is 11.8 Å². The maximum absolute atomic E-state index is 12.2. The highest BCUT2D eigenvalue weighted by atomic mass is 35.5. The summed E-state index contributed by atoms with van der Waals surface area (Å²) in [6.45, 7) is 2.62. The van der Waals surface area contributed by atoms with Crippen LogP contribution in [0.3, 0.4) is 0 Å². The summed E-state index contributed by atoms with van der Waals surface area (Å²) in [4.78, 5) is 14.3. The second-order valence-corrected chi connectivity index (χ2v) is 5.67. The zero-order valence-corrected chi connectivity index (χ0v) is 12.4. The number of halogens is 1. The third-order valence-corrected chi connectivity index (χ3v) is 4.16. The lowest BCUT2D eigenvalue weighted by Crippen LogP contribution is -2.35. The maximum Gasteiger partial charge on any atom is 0.176 e. The van der Waals surface area contributed by atoms with Crippen LogP contribution in [0.2, 0.25) is 5.02 Å². The predicted molar refractivity (Wildman–Crippen MR) is 77.2 cm³/mol. The number of hydrogen-bond donors (Lipinski definition) is 0. The Labute approximate surface area is 119 Å². The molecule has 0 aromatic heterocycles. The van der Waals surface area contributed by atoms with Crippen molar-refractivity contribution in [1.29, 1.82) is 0 Å². The molecule has 0 saturated heterocycles. The van der Waals surface area contributed by atoms with Gasteiger partial charge in [-0.1, -0.05) is 11.6 Å². The van der Waals surface area contributed by atoms with Crippen LogP contribution in [0.4, 0.5) is 0 Å². The van der Waals surface area contributed by atoms with Gasteiger partial charge >= 0.3 is 0 Å². The lowest BCUT2D eigenvalue weighted by Gasteiger charge is -2.23. The lowest BCUT2D eigenvalue weighted by molar-refractivity contribution is 0.0917. The van der Waals surface area contributed by atoms with Gasteiger partial charge in [-0.05, 0) is 50.9 Å². The molecule has 2 rings (SSSR count). The van der Waals surface area contributed by atoms with Crippen LogP contribution >= 0.6 is 11.6 Å². The first kappa shape index (κ1) is 14.4. The minimum absolute atomic E-state index is 0.0968. The van der Waals surface area contributed by atoms with Gasteiger partial charge in [0.1, 0.15) is 5.75 Å². The summed E-state index contributed by atoms with van der Waals surface area (Å²) in [5.74, 6) is 1.45. The van der Waals surface area contributed by atoms with Crippen LogP contribution in [0.15, 0.2) is 18.2 Å². The number of carbonyl (C=O) groups excluding carboxylic acids is 1. The Kier molecular flexibility index (Phi) is 4.48. The first-order chi connectivity index (χ1) is 9.02. The zero-order valence-electron chi connectivity index (χ0n) is 11.6. The van der Waals surface area contributed by atoms with Gasteiger partial charge in [-0.3, -0.25) is 9.69 Å². The molecule has 0 bridgehead atoms. The molecule has 0 amide bonds. The summed E-state index contributed by atoms with van der Waals surface area (Å²) in [5.41, 5.74) is 0.639. The monoisotopic (exact) mass is 281 g/mol. The first-order valence-corrected chi connectivity index (χ1v) is 6.97. The molecule has 104 valence electrons. The van der Waals surface area contributed by atoms with Gasteiger partial charge < -0.3 is 4.74 Å². The molecule has 1 aromatic carbocycles. The summed E-state index contributed by atoms with van der Waals surface area (Å²) < 4.78 is 5.09. The van der Waals surface area contributed by atoms with Gasteiger partial charge in [0.25, 0.3) is 0 Å². The van der Waals surface area contributed by atoms with Gasteiger partial charge in [-0.2, -0.15) is 0 Å². The summed E-state index contributed by atoms with van der Waals surface area (Å²) in [6.07, 6.45) is 2.57. The molecule has 0 spiro atoms. The summed E-state index contributed by atoms with van der Waals surface area (Å²) in [6, 6.07) is 5.65. The normalized spacial score (nSPS) is 16.5. The summed E-state index contributed by atoms with van der Waals surface area (Å²) in [7, 11) is 3.57. The van der Waals surface area contributed by atoms with E-state index < -0.39 is 0 Å². The Hall–Kier alpha value is -1.06. The Balaban J connectivity index is 2.00. The number of benzene rings is 1. The number of nitrogens with zero attached hydrogens (tertiary/aromatic N) is 1. The van der Waals surface area contributed by atoms with Crippen molar-refractivity contribution in [3.05, 3.63) is 28.8 Å². The minimum atomic E-state index is 0.0968. The van der Waals surface area contributed by atoms with Crippen LogP contribution in [0.5, 0.6) is 5.75 Å². The number of ether oxygens (including phenoxy) is 1. The van der Waals surface area contributed by atoms with Crippen molar-refractivity contribution < 1.29 is 9.53 Å². The van der Waals surface area contributed by atoms with Crippen LogP contribution < -0.4 is 4.74 Å². The molecule has 1 saturated carbocycles. The molecule has 1 atom stereocenters. The van der Waals surface area contributed by atoms with Crippen LogP contribution in [0.1, 0.15) is 30.1 Å². The minimum Gasteiger partial charge on any atom is -0.495 e. The number of rotatable bonds is 6. The molecule has 4 heteroatoms. The molecule has 0 radical (unpaired) electrons. The zero-order chi connectivity index (χ0) is 14.0. The second-order valence-electron chi connectivity index (χ2n) is 5.27. The fraction of sp³-hybridized carbons (Fsp3) is 0.533. The average molecular weight is 282 g/mol. The molecule has 1 aliphatic rings. The number of likely N-dealkylation sites (N-methyl/N-ethyl adjacent to an activating group) is 1. The Morgan fingerprint density at radius 2 is 2.21 bits per heavy atom. The van der Waals surface area contributed by atoms with Crippen LogP contribution in [0.25, 0.3) is 0 Å². The van der Waals surface area contributed by atoms with Crippen molar-refractivity contribution in [3.63, 3.8) is 0 Å². The van der Waals surface area contributed by atoms with Gasteiger partial charge in [0.2, 0.25) is 0 Å². The van der Waals surface area contributed by atoms with Crippen molar-refractivity contribution in [1.82, 2.24) is 4.90 Å². The number of hydrogen-bond acceptors (Lipinski definition) is 3. The molecular weight excluding hydrogens is 262 g/mol. The Morgan fingerprint density at radius 1 is 1.53 bits per heavy atom. The molecule has 0 heterocycles. The van der Waals surface area contributed by atoms with Crippen molar-refractivity contribution >= 4 is 17.4 Å². The van der Waals surface area contributed by atoms with E-state index in [1.165, 1.54) is 12.8 Å². The van der Waals surface area contributed by atoms with E-state index in [4.69, 9.17) is 16.3 Å². The molecule has 19 heavy (non-hydrogen) atoms. The number of Topliss-reactive ketones (excluding diaryl/α,β-unsaturated/α-hetero) is 1. The topological polar surface area (TPSA) is 29.5 Å². The molecule has 0 aliphatic heterocycles. The lowest BCUT2D eigenvalue weighted by atomic mass is 10.1. The van der Waals surface area contributed by atoms with Crippen LogP contribution in [0, 0.1) is 5.92 Å². The molecular formula is C15H20ClNO2. The summed E-state index contributed by atoms with van der Waals surface area (Å²) >= 11 is 6.04. The van der Waals surface area contributed by atoms with Crippen molar-refractivity contribution in [2.45, 2.75) is 25.8 Å². The fourth-order valence-corrected chi connectivity index (χ4v) is 2.50. The summed E-state index contributed by atoms with van der Waals surface area (Å²) in [5, 5.41) is 0.478. The largest absolute Gasteiger partial charge is 0.495 e. The van der Waals surface area contributed by atoms with E-state index in [1.807, 2.05) is 7.05 Å². The molecule has 1 fully saturated rings. The van der Waals surface area contributed by atoms with Gasteiger partial charge in [0.05, 0.1) is 18.7 Å². The maximum atomic E-state index is 12.2. The fourth-order valence-electron chi connectivity index (χ4n) is 2.24. The van der Waals surface area contributed by atoms with Crippen molar-refractivity contribution in [2.24, 2.45) is 5.92 Å². The average Bonchev–Trinajstić information content (AvgIpc) is 3.21. The molecule has 1 aliphatic carbocycles. The molecule has 0 N–H and O–H groups in total. The SMILES string of the molecule is COc1ccc(C(=O)CN(C)C(C)C2CC2)cc1Cl. The third-order valence-electron chi connectivity index (χ3n) is 3.87. The van der Waals surface area contributed by atoms with E-state index in [9.17, 15) is 4.79 Å². The number of ketones is 1. The van der Waals surface area contributed by atoms with Gasteiger partial charge in [-0.15, -0.1) is 0 Å². The van der Waals surface area contributed by atoms with E-state index in [1.54, 1.807) is 25.3 Å². The third kappa shape index (κ3) is 3.48. The van der Waals surface area contributed by atoms with Crippen LogP contribution in [-0.4, -0.2) is 37.4 Å². The van der Waals surface area contributed by atoms with E-state index in [0.717, 1.165) is 5.92 Å². The quantitative estimate of drug-likeness (QED) is 0.750. The highest BCUT2D eigenvalue weighted by Crippen LogP contribution is 2.34. The Bertz CT molecular complexity index is 471. The predicted octanol–water partition coefficient (Wildman–Crippen LogP) is 3.26. The number of methoxy groups -OCH3 is 1. The second kappa shape index (κ2) is 5.93.